The third-order valence-corrected chi connectivity index (χ3v) is 3.09. The Labute approximate surface area is 107 Å². The van der Waals surface area contributed by atoms with Crippen molar-refractivity contribution in [3.8, 4) is 5.75 Å². The maximum atomic E-state index is 5.99. The molecule has 0 amide bonds. The standard InChI is InChI=1S/C12H17Cl2NO/c1-12(2,15-3)6-7-16-11-5-4-9(13)8-10(11)14/h4-5,8,15H,6-7H2,1-3H3. The van der Waals surface area contributed by atoms with Gasteiger partial charge in [-0.3, -0.25) is 0 Å². The average Bonchev–Trinajstić information content (AvgIpc) is 2.21. The molecule has 0 spiro atoms. The summed E-state index contributed by atoms with van der Waals surface area (Å²) in [5.74, 6) is 0.679. The van der Waals surface area contributed by atoms with E-state index in [0.29, 0.717) is 22.4 Å². The normalized spacial score (nSPS) is 11.6. The Morgan fingerprint density at radius 3 is 2.56 bits per heavy atom. The summed E-state index contributed by atoms with van der Waals surface area (Å²) < 4.78 is 5.60. The monoisotopic (exact) mass is 261 g/mol. The van der Waals surface area contributed by atoms with E-state index in [2.05, 4.69) is 19.2 Å². The highest BCUT2D eigenvalue weighted by Gasteiger charge is 2.14. The van der Waals surface area contributed by atoms with Crippen molar-refractivity contribution in [2.24, 2.45) is 0 Å². The SMILES string of the molecule is CNC(C)(C)CCOc1ccc(Cl)cc1Cl. The molecule has 0 saturated carbocycles. The summed E-state index contributed by atoms with van der Waals surface area (Å²) in [5.41, 5.74) is 0.0684. The molecule has 4 heteroatoms. The largest absolute Gasteiger partial charge is 0.492 e. The third kappa shape index (κ3) is 4.20. The predicted octanol–water partition coefficient (Wildman–Crippen LogP) is 3.76. The summed E-state index contributed by atoms with van der Waals surface area (Å²) in [6, 6.07) is 5.24. The van der Waals surface area contributed by atoms with Gasteiger partial charge in [0.05, 0.1) is 11.6 Å². The van der Waals surface area contributed by atoms with Crippen molar-refractivity contribution in [3.63, 3.8) is 0 Å². The molecule has 0 atom stereocenters. The fourth-order valence-corrected chi connectivity index (χ4v) is 1.60. The molecular formula is C12H17Cl2NO. The van der Waals surface area contributed by atoms with Crippen LogP contribution < -0.4 is 10.1 Å². The number of rotatable bonds is 5. The van der Waals surface area contributed by atoms with E-state index in [1.54, 1.807) is 18.2 Å². The van der Waals surface area contributed by atoms with Crippen molar-refractivity contribution in [3.05, 3.63) is 28.2 Å². The van der Waals surface area contributed by atoms with Gasteiger partial charge in [0.2, 0.25) is 0 Å². The van der Waals surface area contributed by atoms with Crippen LogP contribution >= 0.6 is 23.2 Å². The minimum absolute atomic E-state index is 0.0684. The highest BCUT2D eigenvalue weighted by molar-refractivity contribution is 6.35. The van der Waals surface area contributed by atoms with E-state index in [4.69, 9.17) is 27.9 Å². The van der Waals surface area contributed by atoms with Crippen molar-refractivity contribution < 1.29 is 4.74 Å². The highest BCUT2D eigenvalue weighted by Crippen LogP contribution is 2.27. The van der Waals surface area contributed by atoms with E-state index in [-0.39, 0.29) is 5.54 Å². The predicted molar refractivity (Wildman–Crippen MR) is 69.7 cm³/mol. The van der Waals surface area contributed by atoms with Crippen LogP contribution in [-0.2, 0) is 0 Å². The van der Waals surface area contributed by atoms with Gasteiger partial charge in [-0.15, -0.1) is 0 Å². The summed E-state index contributed by atoms with van der Waals surface area (Å²) >= 11 is 11.8. The Morgan fingerprint density at radius 2 is 2.00 bits per heavy atom. The second kappa shape index (κ2) is 5.76. The minimum Gasteiger partial charge on any atom is -0.492 e. The number of benzene rings is 1. The summed E-state index contributed by atoms with van der Waals surface area (Å²) in [4.78, 5) is 0. The summed E-state index contributed by atoms with van der Waals surface area (Å²) in [7, 11) is 1.94. The van der Waals surface area contributed by atoms with E-state index < -0.39 is 0 Å². The van der Waals surface area contributed by atoms with E-state index in [1.165, 1.54) is 0 Å². The zero-order chi connectivity index (χ0) is 12.2. The number of nitrogens with one attached hydrogen (secondary N) is 1. The van der Waals surface area contributed by atoms with Crippen LogP contribution in [0, 0.1) is 0 Å². The molecule has 1 aromatic carbocycles. The summed E-state index contributed by atoms with van der Waals surface area (Å²) in [6.45, 7) is 4.87. The zero-order valence-corrected chi connectivity index (χ0v) is 11.3. The van der Waals surface area contributed by atoms with Crippen molar-refractivity contribution in [2.45, 2.75) is 25.8 Å². The Hall–Kier alpha value is -0.440. The Bertz CT molecular complexity index is 353. The summed E-state index contributed by atoms with van der Waals surface area (Å²) in [6.07, 6.45) is 0.905. The molecule has 0 saturated heterocycles. The van der Waals surface area contributed by atoms with E-state index >= 15 is 0 Å². The lowest BCUT2D eigenvalue weighted by Gasteiger charge is -2.23. The first-order chi connectivity index (χ1) is 7.44. The fraction of sp³-hybridized carbons (Fsp3) is 0.500. The van der Waals surface area contributed by atoms with Crippen molar-refractivity contribution in [1.82, 2.24) is 5.32 Å². The number of hydrogen-bond donors (Lipinski definition) is 1. The van der Waals surface area contributed by atoms with Crippen LogP contribution in [0.15, 0.2) is 18.2 Å². The third-order valence-electron chi connectivity index (χ3n) is 2.56. The van der Waals surface area contributed by atoms with E-state index in [9.17, 15) is 0 Å². The highest BCUT2D eigenvalue weighted by atomic mass is 35.5. The molecule has 0 unspecified atom stereocenters. The van der Waals surface area contributed by atoms with Gasteiger partial charge in [0, 0.05) is 10.6 Å². The number of ether oxygens (including phenoxy) is 1. The molecule has 2 nitrogen and oxygen atoms in total. The van der Waals surface area contributed by atoms with Crippen LogP contribution in [-0.4, -0.2) is 19.2 Å². The molecule has 0 bridgehead atoms. The summed E-state index contributed by atoms with van der Waals surface area (Å²) in [5, 5.41) is 4.39. The topological polar surface area (TPSA) is 21.3 Å². The quantitative estimate of drug-likeness (QED) is 0.872. The lowest BCUT2D eigenvalue weighted by atomic mass is 10.0. The maximum Gasteiger partial charge on any atom is 0.137 e. The van der Waals surface area contributed by atoms with Gasteiger partial charge in [0.25, 0.3) is 0 Å². The van der Waals surface area contributed by atoms with Gasteiger partial charge >= 0.3 is 0 Å². The molecule has 0 radical (unpaired) electrons. The van der Waals surface area contributed by atoms with E-state index in [1.807, 2.05) is 7.05 Å². The first-order valence-corrected chi connectivity index (χ1v) is 5.97. The van der Waals surface area contributed by atoms with Gasteiger partial charge in [-0.2, -0.15) is 0 Å². The smallest absolute Gasteiger partial charge is 0.137 e. The minimum atomic E-state index is 0.0684. The molecule has 0 aliphatic heterocycles. The molecule has 0 fully saturated rings. The van der Waals surface area contributed by atoms with Gasteiger partial charge in [0.1, 0.15) is 5.75 Å². The van der Waals surface area contributed by atoms with Crippen LogP contribution in [0.1, 0.15) is 20.3 Å². The van der Waals surface area contributed by atoms with Crippen molar-refractivity contribution in [1.29, 1.82) is 0 Å². The fourth-order valence-electron chi connectivity index (χ4n) is 1.13. The molecule has 0 aliphatic carbocycles. The Morgan fingerprint density at radius 1 is 1.31 bits per heavy atom. The number of hydrogen-bond acceptors (Lipinski definition) is 2. The second-order valence-corrected chi connectivity index (χ2v) is 5.15. The molecular weight excluding hydrogens is 245 g/mol. The lowest BCUT2D eigenvalue weighted by Crippen LogP contribution is -2.37. The lowest BCUT2D eigenvalue weighted by molar-refractivity contribution is 0.256. The molecule has 0 aromatic heterocycles. The average molecular weight is 262 g/mol. The van der Waals surface area contributed by atoms with Crippen LogP contribution in [0.5, 0.6) is 5.75 Å². The Balaban J connectivity index is 2.49. The van der Waals surface area contributed by atoms with Crippen LogP contribution in [0.25, 0.3) is 0 Å². The van der Waals surface area contributed by atoms with Crippen LogP contribution in [0.3, 0.4) is 0 Å². The number of halogens is 2. The molecule has 0 heterocycles. The van der Waals surface area contributed by atoms with Gasteiger partial charge < -0.3 is 10.1 Å². The van der Waals surface area contributed by atoms with Crippen molar-refractivity contribution in [2.75, 3.05) is 13.7 Å². The first-order valence-electron chi connectivity index (χ1n) is 5.21. The zero-order valence-electron chi connectivity index (χ0n) is 9.81. The second-order valence-electron chi connectivity index (χ2n) is 4.31. The van der Waals surface area contributed by atoms with Gasteiger partial charge in [-0.25, -0.2) is 0 Å². The first kappa shape index (κ1) is 13.6. The molecule has 0 aliphatic rings. The van der Waals surface area contributed by atoms with Crippen LogP contribution in [0.2, 0.25) is 10.0 Å². The molecule has 16 heavy (non-hydrogen) atoms. The molecule has 1 aromatic rings. The van der Waals surface area contributed by atoms with Crippen LogP contribution in [0.4, 0.5) is 0 Å². The Kier molecular flexibility index (Phi) is 4.90. The molecule has 1 N–H and O–H groups in total. The van der Waals surface area contributed by atoms with E-state index in [0.717, 1.165) is 6.42 Å². The van der Waals surface area contributed by atoms with Gasteiger partial charge in [-0.1, -0.05) is 23.2 Å². The molecule has 1 rings (SSSR count). The molecule has 90 valence electrons. The van der Waals surface area contributed by atoms with Crippen molar-refractivity contribution >= 4 is 23.2 Å². The maximum absolute atomic E-state index is 5.99. The van der Waals surface area contributed by atoms with Gasteiger partial charge in [0.15, 0.2) is 0 Å². The van der Waals surface area contributed by atoms with Gasteiger partial charge in [-0.05, 0) is 45.5 Å².